The Morgan fingerprint density at radius 1 is 1.16 bits per heavy atom. The number of nitroso groups, excluding NO2 is 1. The predicted molar refractivity (Wildman–Crippen MR) is 96.9 cm³/mol. The van der Waals surface area contributed by atoms with Gasteiger partial charge in [0.05, 0.1) is 19.2 Å². The van der Waals surface area contributed by atoms with Gasteiger partial charge in [-0.05, 0) is 42.8 Å². The zero-order valence-corrected chi connectivity index (χ0v) is 14.2. The van der Waals surface area contributed by atoms with Gasteiger partial charge in [-0.25, -0.2) is 0 Å². The van der Waals surface area contributed by atoms with Crippen molar-refractivity contribution < 1.29 is 14.6 Å². The second-order valence-corrected chi connectivity index (χ2v) is 5.79. The average molecular weight is 340 g/mol. The summed E-state index contributed by atoms with van der Waals surface area (Å²) in [6.07, 6.45) is 0.654. The summed E-state index contributed by atoms with van der Waals surface area (Å²) in [5.41, 5.74) is 1.88. The van der Waals surface area contributed by atoms with Crippen molar-refractivity contribution in [3.8, 4) is 17.4 Å². The summed E-state index contributed by atoms with van der Waals surface area (Å²) in [5, 5.41) is 14.0. The van der Waals surface area contributed by atoms with Gasteiger partial charge in [0.25, 0.3) is 0 Å². The molecular weight excluding hydrogens is 320 g/mol. The smallest absolute Gasteiger partial charge is 0.222 e. The number of hydrogen-bond donors (Lipinski definition) is 1. The Bertz CT molecular complexity index is 902. The summed E-state index contributed by atoms with van der Waals surface area (Å²) in [6, 6.07) is 13.1. The predicted octanol–water partition coefficient (Wildman–Crippen LogP) is 4.53. The highest BCUT2D eigenvalue weighted by Gasteiger charge is 2.17. The van der Waals surface area contributed by atoms with E-state index in [0.29, 0.717) is 36.5 Å². The molecule has 3 rings (SSSR count). The Kier molecular flexibility index (Phi) is 4.88. The molecule has 1 N–H and O–H groups in total. The van der Waals surface area contributed by atoms with E-state index in [1.165, 1.54) is 0 Å². The van der Waals surface area contributed by atoms with Crippen molar-refractivity contribution in [1.29, 1.82) is 0 Å². The Morgan fingerprint density at radius 3 is 2.64 bits per heavy atom. The second-order valence-electron chi connectivity index (χ2n) is 5.79. The fourth-order valence-electron chi connectivity index (χ4n) is 2.90. The number of aromatic nitrogens is 1. The maximum Gasteiger partial charge on any atom is 0.222 e. The number of aromatic hydroxyl groups is 1. The molecule has 6 nitrogen and oxygen atoms in total. The van der Waals surface area contributed by atoms with Gasteiger partial charge in [0, 0.05) is 11.9 Å². The number of aryl methyl sites for hydroxylation is 2. The van der Waals surface area contributed by atoms with Crippen LogP contribution in [0.3, 0.4) is 0 Å². The standard InChI is InChI=1S/C19H20N2O4/c1-13-8-9-15-14(12-13)18(20-23)19(22)21(15)10-5-11-25-17-7-4-3-6-16(17)24-2/h3-4,6-9,12,22H,5,10-11H2,1-2H3. The number of para-hydroxylation sites is 2. The van der Waals surface area contributed by atoms with Crippen LogP contribution in [0.1, 0.15) is 12.0 Å². The lowest BCUT2D eigenvalue weighted by Gasteiger charge is -2.11. The lowest BCUT2D eigenvalue weighted by atomic mass is 10.1. The van der Waals surface area contributed by atoms with Crippen LogP contribution in [0.25, 0.3) is 10.9 Å². The highest BCUT2D eigenvalue weighted by Crippen LogP contribution is 2.39. The van der Waals surface area contributed by atoms with E-state index in [0.717, 1.165) is 11.1 Å². The molecule has 0 radical (unpaired) electrons. The van der Waals surface area contributed by atoms with Crippen LogP contribution in [0.5, 0.6) is 17.4 Å². The maximum atomic E-state index is 11.1. The van der Waals surface area contributed by atoms with Gasteiger partial charge in [0.15, 0.2) is 17.2 Å². The summed E-state index contributed by atoms with van der Waals surface area (Å²) in [4.78, 5) is 11.1. The van der Waals surface area contributed by atoms with Gasteiger partial charge in [-0.3, -0.25) is 0 Å². The molecule has 0 saturated carbocycles. The first-order valence-corrected chi connectivity index (χ1v) is 8.06. The zero-order chi connectivity index (χ0) is 17.8. The van der Waals surface area contributed by atoms with Crippen LogP contribution in [0.15, 0.2) is 47.6 Å². The number of fused-ring (bicyclic) bond motifs is 1. The fraction of sp³-hybridized carbons (Fsp3) is 0.263. The van der Waals surface area contributed by atoms with E-state index in [2.05, 4.69) is 5.18 Å². The average Bonchev–Trinajstić information content (AvgIpc) is 2.89. The van der Waals surface area contributed by atoms with Crippen LogP contribution in [-0.4, -0.2) is 23.4 Å². The van der Waals surface area contributed by atoms with E-state index in [4.69, 9.17) is 9.47 Å². The number of methoxy groups -OCH3 is 1. The highest BCUT2D eigenvalue weighted by atomic mass is 16.5. The summed E-state index contributed by atoms with van der Waals surface area (Å²) in [6.45, 7) is 2.90. The third-order valence-corrected chi connectivity index (χ3v) is 4.11. The first-order chi connectivity index (χ1) is 12.2. The van der Waals surface area contributed by atoms with Gasteiger partial charge in [-0.15, -0.1) is 4.91 Å². The van der Waals surface area contributed by atoms with Crippen molar-refractivity contribution in [1.82, 2.24) is 4.57 Å². The molecule has 2 aromatic carbocycles. The molecule has 0 unspecified atom stereocenters. The number of ether oxygens (including phenoxy) is 2. The van der Waals surface area contributed by atoms with E-state index >= 15 is 0 Å². The number of rotatable bonds is 7. The fourth-order valence-corrected chi connectivity index (χ4v) is 2.90. The SMILES string of the molecule is COc1ccccc1OCCCn1c(O)c(N=O)c2cc(C)ccc21. The molecule has 0 aliphatic heterocycles. The van der Waals surface area contributed by atoms with Gasteiger partial charge < -0.3 is 19.1 Å². The van der Waals surface area contributed by atoms with Crippen LogP contribution in [0.4, 0.5) is 5.69 Å². The Hall–Kier alpha value is -3.02. The second kappa shape index (κ2) is 7.25. The van der Waals surface area contributed by atoms with Crippen molar-refractivity contribution in [3.05, 3.63) is 52.9 Å². The van der Waals surface area contributed by atoms with Crippen molar-refractivity contribution in [2.75, 3.05) is 13.7 Å². The Morgan fingerprint density at radius 2 is 1.92 bits per heavy atom. The minimum Gasteiger partial charge on any atom is -0.493 e. The van der Waals surface area contributed by atoms with Crippen LogP contribution >= 0.6 is 0 Å². The van der Waals surface area contributed by atoms with Crippen molar-refractivity contribution >= 4 is 16.6 Å². The Labute approximate surface area is 145 Å². The maximum absolute atomic E-state index is 11.1. The molecule has 0 saturated heterocycles. The molecule has 130 valence electrons. The van der Waals surface area contributed by atoms with Gasteiger partial charge in [0.2, 0.25) is 5.88 Å². The van der Waals surface area contributed by atoms with Gasteiger partial charge >= 0.3 is 0 Å². The number of hydrogen-bond acceptors (Lipinski definition) is 5. The van der Waals surface area contributed by atoms with Crippen molar-refractivity contribution in [2.45, 2.75) is 19.9 Å². The molecule has 25 heavy (non-hydrogen) atoms. The first kappa shape index (κ1) is 16.8. The molecule has 0 bridgehead atoms. The topological polar surface area (TPSA) is 73.1 Å². The van der Waals surface area contributed by atoms with E-state index in [9.17, 15) is 10.0 Å². The van der Waals surface area contributed by atoms with E-state index in [1.54, 1.807) is 11.7 Å². The minimum absolute atomic E-state index is 0.0874. The lowest BCUT2D eigenvalue weighted by molar-refractivity contribution is 0.280. The van der Waals surface area contributed by atoms with Crippen molar-refractivity contribution in [2.24, 2.45) is 5.18 Å². The third-order valence-electron chi connectivity index (χ3n) is 4.11. The molecule has 0 aliphatic rings. The molecular formula is C19H20N2O4. The summed E-state index contributed by atoms with van der Waals surface area (Å²) < 4.78 is 12.7. The molecule has 3 aromatic rings. The molecule has 0 atom stereocenters. The van der Waals surface area contributed by atoms with Crippen LogP contribution in [0, 0.1) is 11.8 Å². The normalized spacial score (nSPS) is 10.8. The molecule has 0 aliphatic carbocycles. The minimum atomic E-state index is -0.104. The van der Waals surface area contributed by atoms with E-state index in [-0.39, 0.29) is 11.6 Å². The number of benzene rings is 2. The third kappa shape index (κ3) is 3.28. The highest BCUT2D eigenvalue weighted by molar-refractivity contribution is 5.95. The number of nitrogens with zero attached hydrogens (tertiary/aromatic N) is 2. The largest absolute Gasteiger partial charge is 0.493 e. The zero-order valence-electron chi connectivity index (χ0n) is 14.2. The molecule has 0 amide bonds. The van der Waals surface area contributed by atoms with Crippen LogP contribution in [-0.2, 0) is 6.54 Å². The molecule has 1 heterocycles. The summed E-state index contributed by atoms with van der Waals surface area (Å²) in [7, 11) is 1.60. The van der Waals surface area contributed by atoms with Crippen molar-refractivity contribution in [3.63, 3.8) is 0 Å². The summed E-state index contributed by atoms with van der Waals surface area (Å²) in [5.74, 6) is 1.25. The first-order valence-electron chi connectivity index (χ1n) is 8.06. The van der Waals surface area contributed by atoms with E-state index in [1.807, 2.05) is 49.4 Å². The summed E-state index contributed by atoms with van der Waals surface area (Å²) >= 11 is 0. The monoisotopic (exact) mass is 340 g/mol. The molecule has 0 fully saturated rings. The van der Waals surface area contributed by atoms with Crippen LogP contribution < -0.4 is 9.47 Å². The Balaban J connectivity index is 1.73. The van der Waals surface area contributed by atoms with Gasteiger partial charge in [-0.1, -0.05) is 23.8 Å². The van der Waals surface area contributed by atoms with Crippen LogP contribution in [0.2, 0.25) is 0 Å². The molecule has 6 heteroatoms. The van der Waals surface area contributed by atoms with E-state index < -0.39 is 0 Å². The molecule has 0 spiro atoms. The lowest BCUT2D eigenvalue weighted by Crippen LogP contribution is -2.05. The van der Waals surface area contributed by atoms with Gasteiger partial charge in [0.1, 0.15) is 0 Å². The molecule has 1 aromatic heterocycles. The van der Waals surface area contributed by atoms with Gasteiger partial charge in [-0.2, -0.15) is 0 Å². The quantitative estimate of drug-likeness (QED) is 0.506.